The molecule has 6 heteroatoms. The quantitative estimate of drug-likeness (QED) is 0.829. The van der Waals surface area contributed by atoms with E-state index in [1.165, 1.54) is 0 Å². The number of carbonyl (C=O) groups is 1. The van der Waals surface area contributed by atoms with Crippen LogP contribution in [0.5, 0.6) is 5.75 Å². The van der Waals surface area contributed by atoms with Crippen molar-refractivity contribution < 1.29 is 17.9 Å². The first-order chi connectivity index (χ1) is 12.0. The Bertz CT molecular complexity index is 924. The summed E-state index contributed by atoms with van der Waals surface area (Å²) in [6.45, 7) is 2.83. The van der Waals surface area contributed by atoms with Gasteiger partial charge >= 0.3 is 0 Å². The maximum atomic E-state index is 12.8. The molecule has 2 aliphatic heterocycles. The number of rotatable bonds is 2. The lowest BCUT2D eigenvalue weighted by Gasteiger charge is -2.33. The Morgan fingerprint density at radius 2 is 1.88 bits per heavy atom. The van der Waals surface area contributed by atoms with Crippen LogP contribution < -0.4 is 4.74 Å². The Morgan fingerprint density at radius 1 is 1.12 bits per heavy atom. The molecule has 0 aromatic heterocycles. The van der Waals surface area contributed by atoms with Crippen LogP contribution in [0, 0.1) is 0 Å². The predicted molar refractivity (Wildman–Crippen MR) is 92.4 cm³/mol. The largest absolute Gasteiger partial charge is 0.488 e. The molecule has 0 spiro atoms. The maximum absolute atomic E-state index is 12.8. The summed E-state index contributed by atoms with van der Waals surface area (Å²) < 4.78 is 31.6. The molecule has 0 bridgehead atoms. The van der Waals surface area contributed by atoms with E-state index in [1.807, 2.05) is 6.07 Å². The van der Waals surface area contributed by atoms with Crippen LogP contribution in [0.4, 0.5) is 0 Å². The van der Waals surface area contributed by atoms with Gasteiger partial charge < -0.3 is 9.64 Å². The van der Waals surface area contributed by atoms with Crippen molar-refractivity contribution >= 4 is 15.7 Å². The zero-order valence-electron chi connectivity index (χ0n) is 13.9. The molecule has 0 N–H and O–H groups in total. The second-order valence-electron chi connectivity index (χ2n) is 6.53. The lowest BCUT2D eigenvalue weighted by atomic mass is 9.89. The van der Waals surface area contributed by atoms with Gasteiger partial charge in [-0.1, -0.05) is 24.3 Å². The number of nitrogens with zero attached hydrogens (tertiary/aromatic N) is 1. The minimum absolute atomic E-state index is 0.0466. The number of likely N-dealkylation sites (tertiary alicyclic amines) is 1. The van der Waals surface area contributed by atoms with Gasteiger partial charge in [0, 0.05) is 24.9 Å². The molecule has 0 radical (unpaired) electrons. The summed E-state index contributed by atoms with van der Waals surface area (Å²) >= 11 is 0. The molecule has 2 unspecified atom stereocenters. The van der Waals surface area contributed by atoms with Gasteiger partial charge in [-0.25, -0.2) is 8.42 Å². The van der Waals surface area contributed by atoms with Crippen LogP contribution in [0.25, 0.3) is 0 Å². The Kier molecular flexibility index (Phi) is 3.80. The first-order valence-corrected chi connectivity index (χ1v) is 9.81. The highest BCUT2D eigenvalue weighted by Crippen LogP contribution is 2.44. The Hall–Kier alpha value is -2.34. The molecule has 2 aliphatic rings. The molecule has 5 nitrogen and oxygen atoms in total. The van der Waals surface area contributed by atoms with Gasteiger partial charge in [0.1, 0.15) is 11.9 Å². The van der Waals surface area contributed by atoms with Crippen molar-refractivity contribution in [3.63, 3.8) is 0 Å². The molecule has 1 saturated heterocycles. The van der Waals surface area contributed by atoms with E-state index in [-0.39, 0.29) is 27.7 Å². The van der Waals surface area contributed by atoms with Gasteiger partial charge in [-0.15, -0.1) is 0 Å². The van der Waals surface area contributed by atoms with Crippen LogP contribution in [0.15, 0.2) is 58.3 Å². The van der Waals surface area contributed by atoms with Crippen LogP contribution in [0.3, 0.4) is 0 Å². The fourth-order valence-corrected chi connectivity index (χ4v) is 4.96. The number of sulfone groups is 1. The van der Waals surface area contributed by atoms with E-state index in [1.54, 1.807) is 54.3 Å². The molecule has 1 amide bonds. The van der Waals surface area contributed by atoms with Crippen LogP contribution in [-0.2, 0) is 14.6 Å². The van der Waals surface area contributed by atoms with Crippen molar-refractivity contribution in [2.45, 2.75) is 35.2 Å². The number of hydrogen-bond acceptors (Lipinski definition) is 4. The second kappa shape index (κ2) is 5.88. The second-order valence-corrected chi connectivity index (χ2v) is 8.48. The van der Waals surface area contributed by atoms with Crippen molar-refractivity contribution in [1.82, 2.24) is 4.90 Å². The summed E-state index contributed by atoms with van der Waals surface area (Å²) in [6.07, 6.45) is 0.740. The number of ether oxygens (including phenoxy) is 1. The van der Waals surface area contributed by atoms with E-state index in [0.29, 0.717) is 18.8 Å². The Labute approximate surface area is 147 Å². The number of amides is 1. The van der Waals surface area contributed by atoms with Gasteiger partial charge in [0.2, 0.25) is 15.7 Å². The van der Waals surface area contributed by atoms with E-state index in [0.717, 1.165) is 12.0 Å². The first-order valence-electron chi connectivity index (χ1n) is 8.33. The van der Waals surface area contributed by atoms with E-state index >= 15 is 0 Å². The summed E-state index contributed by atoms with van der Waals surface area (Å²) in [6, 6.07) is 13.5. The zero-order chi connectivity index (χ0) is 17.6. The minimum Gasteiger partial charge on any atom is -0.488 e. The monoisotopic (exact) mass is 357 g/mol. The highest BCUT2D eigenvalue weighted by Gasteiger charge is 2.40. The maximum Gasteiger partial charge on any atom is 0.219 e. The van der Waals surface area contributed by atoms with Gasteiger partial charge in [0.15, 0.2) is 0 Å². The average Bonchev–Trinajstić information content (AvgIpc) is 2.99. The molecule has 2 atom stereocenters. The van der Waals surface area contributed by atoms with Crippen LogP contribution >= 0.6 is 0 Å². The third kappa shape index (κ3) is 2.70. The molecule has 2 aromatic rings. The lowest BCUT2D eigenvalue weighted by Crippen LogP contribution is -2.45. The molecule has 4 rings (SSSR count). The normalized spacial score (nSPS) is 22.0. The smallest absolute Gasteiger partial charge is 0.219 e. The Morgan fingerprint density at radius 3 is 2.60 bits per heavy atom. The number of hydrogen-bond donors (Lipinski definition) is 0. The molecular formula is C19H19NO4S. The molecule has 0 saturated carbocycles. The van der Waals surface area contributed by atoms with E-state index < -0.39 is 9.84 Å². The summed E-state index contributed by atoms with van der Waals surface area (Å²) in [7, 11) is -3.56. The van der Waals surface area contributed by atoms with Crippen molar-refractivity contribution in [2.24, 2.45) is 0 Å². The molecule has 0 aliphatic carbocycles. The third-order valence-electron chi connectivity index (χ3n) is 5.03. The fraction of sp³-hybridized carbons (Fsp3) is 0.316. The summed E-state index contributed by atoms with van der Waals surface area (Å²) in [5, 5.41) is 0. The summed E-state index contributed by atoms with van der Waals surface area (Å²) in [5.41, 5.74) is 1.04. The predicted octanol–water partition coefficient (Wildman–Crippen LogP) is 2.62. The summed E-state index contributed by atoms with van der Waals surface area (Å²) in [4.78, 5) is 13.9. The van der Waals surface area contributed by atoms with Gasteiger partial charge in [-0.3, -0.25) is 4.79 Å². The average molecular weight is 357 g/mol. The minimum atomic E-state index is -3.56. The van der Waals surface area contributed by atoms with E-state index in [9.17, 15) is 13.2 Å². The van der Waals surface area contributed by atoms with Crippen molar-refractivity contribution in [2.75, 3.05) is 13.1 Å². The fourth-order valence-electron chi connectivity index (χ4n) is 3.67. The molecule has 2 aromatic carbocycles. The zero-order valence-corrected chi connectivity index (χ0v) is 14.7. The number of benzene rings is 2. The Balaban J connectivity index is 1.66. The van der Waals surface area contributed by atoms with Crippen molar-refractivity contribution in [1.29, 1.82) is 0 Å². The first kappa shape index (κ1) is 16.1. The van der Waals surface area contributed by atoms with Gasteiger partial charge in [0.25, 0.3) is 0 Å². The molecule has 25 heavy (non-hydrogen) atoms. The van der Waals surface area contributed by atoms with Gasteiger partial charge in [-0.05, 0) is 30.7 Å². The highest BCUT2D eigenvalue weighted by atomic mass is 32.2. The summed E-state index contributed by atoms with van der Waals surface area (Å²) in [5.74, 6) is 0.891. The van der Waals surface area contributed by atoms with Gasteiger partial charge in [0.05, 0.1) is 16.3 Å². The van der Waals surface area contributed by atoms with Gasteiger partial charge in [-0.2, -0.15) is 0 Å². The SMILES string of the molecule is CC(=O)N1CCC2c3ccc(S(=O)(=O)c4ccccc4)cc3OC2C1. The lowest BCUT2D eigenvalue weighted by molar-refractivity contribution is -0.131. The number of carbonyl (C=O) groups excluding carboxylic acids is 1. The number of piperidine rings is 1. The topological polar surface area (TPSA) is 63.7 Å². The molecule has 2 heterocycles. The molecular weight excluding hydrogens is 338 g/mol. The number of fused-ring (bicyclic) bond motifs is 3. The van der Waals surface area contributed by atoms with Crippen LogP contribution in [-0.4, -0.2) is 38.4 Å². The van der Waals surface area contributed by atoms with Crippen LogP contribution in [0.1, 0.15) is 24.8 Å². The van der Waals surface area contributed by atoms with Crippen LogP contribution in [0.2, 0.25) is 0 Å². The molecule has 130 valence electrons. The third-order valence-corrected chi connectivity index (χ3v) is 6.80. The molecule has 1 fully saturated rings. The van der Waals surface area contributed by atoms with E-state index in [2.05, 4.69) is 0 Å². The standard InChI is InChI=1S/C19H19NO4S/c1-13(21)20-10-9-17-16-8-7-15(11-18(16)24-19(17)12-20)25(22,23)14-5-3-2-4-6-14/h2-8,11,17,19H,9-10,12H2,1H3. The van der Waals surface area contributed by atoms with Crippen molar-refractivity contribution in [3.05, 3.63) is 54.1 Å². The van der Waals surface area contributed by atoms with Crippen molar-refractivity contribution in [3.8, 4) is 5.75 Å². The van der Waals surface area contributed by atoms with E-state index in [4.69, 9.17) is 4.74 Å². The highest BCUT2D eigenvalue weighted by molar-refractivity contribution is 7.91.